The van der Waals surface area contributed by atoms with Gasteiger partial charge in [-0.1, -0.05) is 36.0 Å². The molecule has 0 heterocycles. The van der Waals surface area contributed by atoms with Gasteiger partial charge >= 0.3 is 0 Å². The van der Waals surface area contributed by atoms with E-state index in [1.807, 2.05) is 0 Å². The molecule has 2 N–H and O–H groups in total. The molecule has 1 amide bonds. The van der Waals surface area contributed by atoms with Gasteiger partial charge < -0.3 is 14.9 Å². The second kappa shape index (κ2) is 10.2. The number of aromatic hydroxyl groups is 2. The Morgan fingerprint density at radius 1 is 0.694 bits per heavy atom. The van der Waals surface area contributed by atoms with Crippen molar-refractivity contribution in [2.45, 2.75) is 0 Å². The van der Waals surface area contributed by atoms with E-state index in [0.717, 1.165) is 4.90 Å². The molecule has 0 aromatic heterocycles. The predicted octanol–water partition coefficient (Wildman–Crippen LogP) is 4.03. The van der Waals surface area contributed by atoms with E-state index in [1.54, 1.807) is 0 Å². The Kier molecular flexibility index (Phi) is 6.96. The van der Waals surface area contributed by atoms with Gasteiger partial charge in [0.15, 0.2) is 0 Å². The molecule has 0 unspecified atom stereocenters. The van der Waals surface area contributed by atoms with Crippen LogP contribution in [-0.4, -0.2) is 16.1 Å². The lowest BCUT2D eigenvalue weighted by molar-refractivity contribution is 0.0999. The number of benzene rings is 3. The Morgan fingerprint density at radius 3 is 1.64 bits per heavy atom. The number of hydrogen-bond donors (Lipinski definition) is 2. The molecule has 0 aliphatic rings. The zero-order valence-electron chi connectivity index (χ0n) is 18.7. The first-order valence-corrected chi connectivity index (χ1v) is 10.0. The van der Waals surface area contributed by atoms with Crippen molar-refractivity contribution in [2.24, 2.45) is 0 Å². The number of ether oxygens (including phenoxy) is 1. The summed E-state index contributed by atoms with van der Waals surface area (Å²) < 4.78 is 5.73. The topological polar surface area (TPSA) is 70.0 Å². The van der Waals surface area contributed by atoms with Gasteiger partial charge in [-0.05, 0) is 36.4 Å². The molecule has 0 fully saturated rings. The van der Waals surface area contributed by atoms with Crippen LogP contribution in [0.3, 0.4) is 0 Å². The van der Waals surface area contributed by atoms with Crippen LogP contribution in [0.1, 0.15) is 38.2 Å². The van der Waals surface area contributed by atoms with Gasteiger partial charge in [0.25, 0.3) is 5.91 Å². The molecule has 3 aromatic rings. The van der Waals surface area contributed by atoms with Gasteiger partial charge in [0, 0.05) is 12.1 Å². The van der Waals surface area contributed by atoms with Gasteiger partial charge in [-0.15, -0.1) is 32.1 Å². The van der Waals surface area contributed by atoms with Crippen molar-refractivity contribution in [3.8, 4) is 97.2 Å². The van der Waals surface area contributed by atoms with E-state index in [1.165, 1.54) is 42.5 Å². The van der Waals surface area contributed by atoms with E-state index >= 15 is 0 Å². The highest BCUT2D eigenvalue weighted by molar-refractivity contribution is 6.13. The number of anilines is 1. The molecule has 0 saturated carbocycles. The summed E-state index contributed by atoms with van der Waals surface area (Å²) in [5.74, 6) is 11.3. The average Bonchev–Trinajstić information content (AvgIpc) is 2.89. The molecule has 36 heavy (non-hydrogen) atoms. The van der Waals surface area contributed by atoms with E-state index in [2.05, 4.69) is 35.6 Å². The minimum atomic E-state index is -0.868. The SMILES string of the molecule is C#Cc1c(C#C)c(C#C)c(C(=O)N(C#C)c2cc(Oc3ccc(O)cc3)ccc2O)c(C#C)c1C#C. The highest BCUT2D eigenvalue weighted by Crippen LogP contribution is 2.36. The summed E-state index contributed by atoms with van der Waals surface area (Å²) in [6.07, 6.45) is 33.9. The lowest BCUT2D eigenvalue weighted by atomic mass is 9.86. The fourth-order valence-electron chi connectivity index (χ4n) is 3.43. The number of carbonyl (C=O) groups is 1. The highest BCUT2D eigenvalue weighted by atomic mass is 16.5. The Bertz CT molecular complexity index is 1600. The van der Waals surface area contributed by atoms with Crippen LogP contribution in [0.2, 0.25) is 0 Å². The number of phenolic OH excluding ortho intramolecular Hbond substituents is 2. The minimum absolute atomic E-state index is 0.0425. The second-order valence-corrected chi connectivity index (χ2v) is 6.99. The number of carbonyl (C=O) groups excluding carboxylic acids is 1. The van der Waals surface area contributed by atoms with Crippen molar-refractivity contribution in [3.05, 3.63) is 75.8 Å². The predicted molar refractivity (Wildman–Crippen MR) is 138 cm³/mol. The van der Waals surface area contributed by atoms with Crippen LogP contribution in [-0.2, 0) is 0 Å². The van der Waals surface area contributed by atoms with E-state index in [0.29, 0.717) is 5.75 Å². The fraction of sp³-hybridized carbons (Fsp3) is 0. The van der Waals surface area contributed by atoms with E-state index in [9.17, 15) is 15.0 Å². The molecule has 168 valence electrons. The molecule has 0 saturated heterocycles. The Balaban J connectivity index is 2.22. The van der Waals surface area contributed by atoms with Gasteiger partial charge in [0.05, 0.1) is 33.4 Å². The summed E-state index contributed by atoms with van der Waals surface area (Å²) >= 11 is 0. The van der Waals surface area contributed by atoms with Crippen LogP contribution < -0.4 is 9.64 Å². The van der Waals surface area contributed by atoms with Crippen molar-refractivity contribution in [1.29, 1.82) is 0 Å². The highest BCUT2D eigenvalue weighted by Gasteiger charge is 2.29. The lowest BCUT2D eigenvalue weighted by Gasteiger charge is -2.21. The molecular weight excluding hydrogens is 450 g/mol. The number of hydrogen-bond acceptors (Lipinski definition) is 4. The fourth-order valence-corrected chi connectivity index (χ4v) is 3.43. The summed E-state index contributed by atoms with van der Waals surface area (Å²) in [5, 5.41) is 20.0. The standard InChI is InChI=1S/C31H15NO4/c1-7-23-24(8-2)26(10-4)30(27(11-5)25(23)9-3)31(35)32(12-6)28-19-22(17-18-29(28)34)36-21-15-13-20(33)14-16-21/h1-6,13-19,33-34H. The van der Waals surface area contributed by atoms with Crippen molar-refractivity contribution in [2.75, 3.05) is 4.90 Å². The molecule has 0 bridgehead atoms. The molecule has 0 radical (unpaired) electrons. The molecule has 5 nitrogen and oxygen atoms in total. The summed E-state index contributed by atoms with van der Waals surface area (Å²) in [6.45, 7) is 0. The largest absolute Gasteiger partial charge is 0.508 e. The van der Waals surface area contributed by atoms with Crippen molar-refractivity contribution in [3.63, 3.8) is 0 Å². The summed E-state index contributed by atoms with van der Waals surface area (Å²) in [7, 11) is 0. The van der Waals surface area contributed by atoms with E-state index < -0.39 is 5.91 Å². The van der Waals surface area contributed by atoms with Crippen LogP contribution in [0.25, 0.3) is 0 Å². The number of phenols is 2. The third-order valence-electron chi connectivity index (χ3n) is 5.03. The number of terminal acetylenes is 6. The van der Waals surface area contributed by atoms with Gasteiger partial charge in [-0.3, -0.25) is 4.79 Å². The molecule has 0 aliphatic carbocycles. The molecular formula is C31H15NO4. The zero-order chi connectivity index (χ0) is 26.4. The molecule has 0 aliphatic heterocycles. The van der Waals surface area contributed by atoms with Crippen LogP contribution in [0.5, 0.6) is 23.0 Å². The van der Waals surface area contributed by atoms with Crippen LogP contribution in [0.4, 0.5) is 5.69 Å². The second-order valence-electron chi connectivity index (χ2n) is 6.99. The molecule has 3 rings (SSSR count). The van der Waals surface area contributed by atoms with Crippen LogP contribution >= 0.6 is 0 Å². The third-order valence-corrected chi connectivity index (χ3v) is 5.03. The Hall–Kier alpha value is -6.11. The van der Waals surface area contributed by atoms with Crippen LogP contribution in [0, 0.1) is 74.2 Å². The van der Waals surface area contributed by atoms with Gasteiger partial charge in [-0.2, -0.15) is 0 Å². The average molecular weight is 465 g/mol. The lowest BCUT2D eigenvalue weighted by Crippen LogP contribution is -2.28. The van der Waals surface area contributed by atoms with Crippen molar-refractivity contribution < 1.29 is 19.7 Å². The van der Waals surface area contributed by atoms with Crippen LogP contribution in [0.15, 0.2) is 42.5 Å². The maximum absolute atomic E-state index is 13.8. The summed E-state index contributed by atoms with van der Waals surface area (Å²) in [5.41, 5.74) is -0.228. The molecule has 3 aromatic carbocycles. The zero-order valence-corrected chi connectivity index (χ0v) is 18.7. The Morgan fingerprint density at radius 2 is 1.17 bits per heavy atom. The number of nitrogens with zero attached hydrogens (tertiary/aromatic N) is 1. The first-order valence-electron chi connectivity index (χ1n) is 10.0. The first kappa shape index (κ1) is 24.5. The smallest absolute Gasteiger partial charge is 0.272 e. The molecule has 5 heteroatoms. The van der Waals surface area contributed by atoms with Crippen molar-refractivity contribution >= 4 is 11.6 Å². The third kappa shape index (κ3) is 4.25. The van der Waals surface area contributed by atoms with Gasteiger partial charge in [0.2, 0.25) is 0 Å². The van der Waals surface area contributed by atoms with Gasteiger partial charge in [0.1, 0.15) is 28.7 Å². The quantitative estimate of drug-likeness (QED) is 0.451. The molecule has 0 atom stereocenters. The number of rotatable bonds is 4. The van der Waals surface area contributed by atoms with E-state index in [4.69, 9.17) is 43.3 Å². The molecule has 0 spiro atoms. The summed E-state index contributed by atoms with van der Waals surface area (Å²) in [4.78, 5) is 14.6. The van der Waals surface area contributed by atoms with E-state index in [-0.39, 0.29) is 56.3 Å². The van der Waals surface area contributed by atoms with Crippen molar-refractivity contribution in [1.82, 2.24) is 0 Å². The maximum Gasteiger partial charge on any atom is 0.272 e. The number of amides is 1. The normalized spacial score (nSPS) is 9.28. The maximum atomic E-state index is 13.8. The summed E-state index contributed by atoms with van der Waals surface area (Å²) in [6, 6.07) is 12.2. The van der Waals surface area contributed by atoms with Gasteiger partial charge in [-0.25, -0.2) is 4.90 Å². The monoisotopic (exact) mass is 465 g/mol. The minimum Gasteiger partial charge on any atom is -0.508 e. The Labute approximate surface area is 209 Å². The first-order chi connectivity index (χ1) is 17.3.